The summed E-state index contributed by atoms with van der Waals surface area (Å²) in [7, 11) is 0. The first kappa shape index (κ1) is 11.5. The Hall–Kier alpha value is -0.540. The molecule has 0 aliphatic carbocycles. The largest absolute Gasteiger partial charge is 0.311 e. The maximum absolute atomic E-state index is 6.33. The molecule has 1 aromatic heterocycles. The SMILES string of the molecule is CCCn1ncc(Cl)c1C1CC2CCC(C1)N2. The molecule has 0 amide bonds. The predicted octanol–water partition coefficient (Wildman–Crippen LogP) is 2.94. The van der Waals surface area contributed by atoms with Crippen LogP contribution in [-0.2, 0) is 6.54 Å². The molecule has 2 aliphatic heterocycles. The number of hydrogen-bond acceptors (Lipinski definition) is 2. The average Bonchev–Trinajstić information content (AvgIpc) is 2.83. The van der Waals surface area contributed by atoms with Gasteiger partial charge in [-0.25, -0.2) is 0 Å². The van der Waals surface area contributed by atoms with Crippen molar-refractivity contribution < 1.29 is 0 Å². The Morgan fingerprint density at radius 1 is 1.41 bits per heavy atom. The van der Waals surface area contributed by atoms with E-state index in [2.05, 4.69) is 22.0 Å². The maximum atomic E-state index is 6.33. The van der Waals surface area contributed by atoms with Gasteiger partial charge in [0.2, 0.25) is 0 Å². The van der Waals surface area contributed by atoms with Crippen molar-refractivity contribution in [2.45, 2.75) is 63.6 Å². The van der Waals surface area contributed by atoms with Gasteiger partial charge in [0.05, 0.1) is 16.9 Å². The summed E-state index contributed by atoms with van der Waals surface area (Å²) in [6, 6.07) is 1.42. The minimum Gasteiger partial charge on any atom is -0.311 e. The summed E-state index contributed by atoms with van der Waals surface area (Å²) in [5, 5.41) is 8.96. The molecular weight excluding hydrogens is 234 g/mol. The third-order valence-corrected chi connectivity index (χ3v) is 4.42. The summed E-state index contributed by atoms with van der Waals surface area (Å²) in [6.07, 6.45) is 8.05. The summed E-state index contributed by atoms with van der Waals surface area (Å²) in [5.74, 6) is 0.607. The number of halogens is 1. The Kier molecular flexibility index (Phi) is 3.14. The number of nitrogens with zero attached hydrogens (tertiary/aromatic N) is 2. The van der Waals surface area contributed by atoms with Gasteiger partial charge in [0.25, 0.3) is 0 Å². The molecule has 2 unspecified atom stereocenters. The summed E-state index contributed by atoms with van der Waals surface area (Å²) >= 11 is 6.33. The molecule has 2 atom stereocenters. The number of piperidine rings is 1. The molecule has 2 fully saturated rings. The molecule has 94 valence electrons. The zero-order valence-corrected chi connectivity index (χ0v) is 11.1. The summed E-state index contributed by atoms with van der Waals surface area (Å²) in [6.45, 7) is 3.17. The van der Waals surface area contributed by atoms with Crippen LogP contribution in [0.1, 0.15) is 50.6 Å². The van der Waals surface area contributed by atoms with Crippen LogP contribution in [0.3, 0.4) is 0 Å². The van der Waals surface area contributed by atoms with Crippen LogP contribution in [-0.4, -0.2) is 21.9 Å². The van der Waals surface area contributed by atoms with E-state index in [9.17, 15) is 0 Å². The van der Waals surface area contributed by atoms with Crippen molar-refractivity contribution in [2.75, 3.05) is 0 Å². The van der Waals surface area contributed by atoms with E-state index >= 15 is 0 Å². The van der Waals surface area contributed by atoms with E-state index in [1.807, 2.05) is 6.20 Å². The van der Waals surface area contributed by atoms with E-state index in [4.69, 9.17) is 11.6 Å². The van der Waals surface area contributed by atoms with Crippen LogP contribution in [0.15, 0.2) is 6.20 Å². The monoisotopic (exact) mass is 253 g/mol. The first-order valence-electron chi connectivity index (χ1n) is 6.75. The number of rotatable bonds is 3. The number of aromatic nitrogens is 2. The molecule has 1 aromatic rings. The van der Waals surface area contributed by atoms with Crippen LogP contribution in [0, 0.1) is 0 Å². The van der Waals surface area contributed by atoms with Gasteiger partial charge < -0.3 is 5.32 Å². The quantitative estimate of drug-likeness (QED) is 0.898. The van der Waals surface area contributed by atoms with Crippen LogP contribution in [0.25, 0.3) is 0 Å². The number of aryl methyl sites for hydroxylation is 1. The lowest BCUT2D eigenvalue weighted by molar-refractivity contribution is 0.348. The first-order valence-corrected chi connectivity index (χ1v) is 7.13. The molecule has 3 rings (SSSR count). The molecule has 0 saturated carbocycles. The van der Waals surface area contributed by atoms with Gasteiger partial charge in [-0.15, -0.1) is 0 Å². The first-order chi connectivity index (χ1) is 8.28. The van der Waals surface area contributed by atoms with E-state index in [-0.39, 0.29) is 0 Å². The van der Waals surface area contributed by atoms with Gasteiger partial charge in [0.1, 0.15) is 0 Å². The second-order valence-corrected chi connectivity index (χ2v) is 5.81. The molecular formula is C13H20ClN3. The molecule has 2 saturated heterocycles. The standard InChI is InChI=1S/C13H20ClN3/c1-2-5-17-13(12(14)8-15-17)9-6-10-3-4-11(7-9)16-10/h8-11,16H,2-7H2,1H3. The van der Waals surface area contributed by atoms with Crippen molar-refractivity contribution in [3.63, 3.8) is 0 Å². The van der Waals surface area contributed by atoms with Crippen LogP contribution in [0.2, 0.25) is 5.02 Å². The Morgan fingerprint density at radius 3 is 2.76 bits per heavy atom. The third-order valence-electron chi connectivity index (χ3n) is 4.13. The van der Waals surface area contributed by atoms with Crippen LogP contribution < -0.4 is 5.32 Å². The highest BCUT2D eigenvalue weighted by atomic mass is 35.5. The van der Waals surface area contributed by atoms with Crippen molar-refractivity contribution in [3.05, 3.63) is 16.9 Å². The number of fused-ring (bicyclic) bond motifs is 2. The van der Waals surface area contributed by atoms with Gasteiger partial charge >= 0.3 is 0 Å². The van der Waals surface area contributed by atoms with Gasteiger partial charge in [-0.3, -0.25) is 4.68 Å². The van der Waals surface area contributed by atoms with Crippen molar-refractivity contribution in [1.82, 2.24) is 15.1 Å². The van der Waals surface area contributed by atoms with Gasteiger partial charge in [0.15, 0.2) is 0 Å². The normalized spacial score (nSPS) is 32.0. The highest BCUT2D eigenvalue weighted by Gasteiger charge is 2.36. The van der Waals surface area contributed by atoms with Crippen molar-refractivity contribution in [3.8, 4) is 0 Å². The van der Waals surface area contributed by atoms with Crippen molar-refractivity contribution >= 4 is 11.6 Å². The fraction of sp³-hybridized carbons (Fsp3) is 0.769. The van der Waals surface area contributed by atoms with Gasteiger partial charge in [0, 0.05) is 24.5 Å². The Morgan fingerprint density at radius 2 is 2.12 bits per heavy atom. The lowest BCUT2D eigenvalue weighted by Crippen LogP contribution is -2.37. The molecule has 0 radical (unpaired) electrons. The lowest BCUT2D eigenvalue weighted by Gasteiger charge is -2.29. The van der Waals surface area contributed by atoms with Crippen molar-refractivity contribution in [1.29, 1.82) is 0 Å². The molecule has 2 bridgehead atoms. The second-order valence-electron chi connectivity index (χ2n) is 5.41. The van der Waals surface area contributed by atoms with Crippen molar-refractivity contribution in [2.24, 2.45) is 0 Å². The molecule has 17 heavy (non-hydrogen) atoms. The number of nitrogens with one attached hydrogen (secondary N) is 1. The van der Waals surface area contributed by atoms with Gasteiger partial charge in [-0.2, -0.15) is 5.10 Å². The molecule has 1 N–H and O–H groups in total. The highest BCUT2D eigenvalue weighted by molar-refractivity contribution is 6.31. The lowest BCUT2D eigenvalue weighted by atomic mass is 9.89. The Labute approximate surface area is 108 Å². The minimum absolute atomic E-state index is 0.607. The molecule has 0 spiro atoms. The fourth-order valence-corrected chi connectivity index (χ4v) is 3.74. The highest BCUT2D eigenvalue weighted by Crippen LogP contribution is 2.39. The smallest absolute Gasteiger partial charge is 0.0820 e. The fourth-order valence-electron chi connectivity index (χ4n) is 3.45. The van der Waals surface area contributed by atoms with Crippen LogP contribution in [0.4, 0.5) is 0 Å². The van der Waals surface area contributed by atoms with Gasteiger partial charge in [-0.05, 0) is 32.1 Å². The predicted molar refractivity (Wildman–Crippen MR) is 69.4 cm³/mol. The van der Waals surface area contributed by atoms with E-state index in [1.54, 1.807) is 0 Å². The van der Waals surface area contributed by atoms with Gasteiger partial charge in [-0.1, -0.05) is 18.5 Å². The van der Waals surface area contributed by atoms with Crippen LogP contribution in [0.5, 0.6) is 0 Å². The Balaban J connectivity index is 1.85. The summed E-state index contributed by atoms with van der Waals surface area (Å²) in [4.78, 5) is 0. The topological polar surface area (TPSA) is 29.9 Å². The molecule has 3 nitrogen and oxygen atoms in total. The Bertz CT molecular complexity index is 389. The van der Waals surface area contributed by atoms with E-state index in [0.29, 0.717) is 18.0 Å². The van der Waals surface area contributed by atoms with E-state index in [0.717, 1.165) is 18.0 Å². The molecule has 3 heterocycles. The second kappa shape index (κ2) is 4.62. The molecule has 2 aliphatic rings. The third kappa shape index (κ3) is 2.11. The molecule has 4 heteroatoms. The average molecular weight is 254 g/mol. The zero-order valence-electron chi connectivity index (χ0n) is 10.3. The van der Waals surface area contributed by atoms with E-state index < -0.39 is 0 Å². The number of hydrogen-bond donors (Lipinski definition) is 1. The molecule has 0 aromatic carbocycles. The zero-order chi connectivity index (χ0) is 11.8. The summed E-state index contributed by atoms with van der Waals surface area (Å²) in [5.41, 5.74) is 1.28. The van der Waals surface area contributed by atoms with E-state index in [1.165, 1.54) is 31.4 Å². The van der Waals surface area contributed by atoms with Crippen LogP contribution >= 0.6 is 11.6 Å². The maximum Gasteiger partial charge on any atom is 0.0820 e. The summed E-state index contributed by atoms with van der Waals surface area (Å²) < 4.78 is 2.12. The minimum atomic E-state index is 0.607.